The van der Waals surface area contributed by atoms with E-state index in [2.05, 4.69) is 5.32 Å². The van der Waals surface area contributed by atoms with Gasteiger partial charge < -0.3 is 10.1 Å². The fraction of sp³-hybridized carbons (Fsp3) is 0.333. The topological polar surface area (TPSA) is 99.4 Å². The maximum Gasteiger partial charge on any atom is 0.332 e. The summed E-state index contributed by atoms with van der Waals surface area (Å²) in [6.45, 7) is 1.65. The van der Waals surface area contributed by atoms with Crippen LogP contribution in [0.15, 0.2) is 33.9 Å². The highest BCUT2D eigenvalue weighted by Gasteiger charge is 2.45. The van der Waals surface area contributed by atoms with Gasteiger partial charge in [-0.3, -0.25) is 23.5 Å². The van der Waals surface area contributed by atoms with Crippen LogP contribution in [-0.4, -0.2) is 27.6 Å². The third-order valence-corrected chi connectivity index (χ3v) is 4.64. The highest BCUT2D eigenvalue weighted by molar-refractivity contribution is 6.08. The number of esters is 1. The van der Waals surface area contributed by atoms with E-state index in [9.17, 15) is 23.6 Å². The van der Waals surface area contributed by atoms with Crippen molar-refractivity contribution in [3.05, 3.63) is 62.0 Å². The van der Waals surface area contributed by atoms with Gasteiger partial charge in [-0.05, 0) is 24.6 Å². The van der Waals surface area contributed by atoms with Gasteiger partial charge in [0, 0.05) is 20.0 Å². The van der Waals surface area contributed by atoms with Crippen molar-refractivity contribution in [2.24, 2.45) is 20.0 Å². The molecule has 1 N–H and O–H groups in total. The van der Waals surface area contributed by atoms with E-state index in [4.69, 9.17) is 4.74 Å². The van der Waals surface area contributed by atoms with Gasteiger partial charge in [-0.15, -0.1) is 0 Å². The number of nitrogens with zero attached hydrogens (tertiary/aromatic N) is 2. The first kappa shape index (κ1) is 18.6. The second-order valence-corrected chi connectivity index (χ2v) is 6.22. The molecule has 1 amide bonds. The smallest absolute Gasteiger partial charge is 0.332 e. The van der Waals surface area contributed by atoms with Gasteiger partial charge in [-0.1, -0.05) is 12.1 Å². The van der Waals surface area contributed by atoms with Crippen molar-refractivity contribution in [3.8, 4) is 0 Å². The van der Waals surface area contributed by atoms with E-state index in [1.54, 1.807) is 6.92 Å². The minimum absolute atomic E-state index is 0.0166. The number of aromatic nitrogens is 2. The fourth-order valence-electron chi connectivity index (χ4n) is 3.32. The number of anilines is 1. The van der Waals surface area contributed by atoms with Crippen LogP contribution >= 0.6 is 0 Å². The lowest BCUT2D eigenvalue weighted by Gasteiger charge is -2.32. The van der Waals surface area contributed by atoms with Crippen LogP contribution in [0.25, 0.3) is 0 Å². The molecule has 0 spiro atoms. The Morgan fingerprint density at radius 3 is 2.37 bits per heavy atom. The highest BCUT2D eigenvalue weighted by Crippen LogP contribution is 2.38. The number of fused-ring (bicyclic) bond motifs is 1. The Hall–Kier alpha value is -3.23. The van der Waals surface area contributed by atoms with E-state index in [-0.39, 0.29) is 18.0 Å². The predicted octanol–water partition coefficient (Wildman–Crippen LogP) is 0.486. The number of nitrogens with one attached hydrogen (secondary N) is 1. The van der Waals surface area contributed by atoms with Crippen molar-refractivity contribution in [3.63, 3.8) is 0 Å². The van der Waals surface area contributed by atoms with Crippen LogP contribution < -0.4 is 16.6 Å². The van der Waals surface area contributed by atoms with Gasteiger partial charge in [0.1, 0.15) is 17.6 Å². The van der Waals surface area contributed by atoms with Crippen molar-refractivity contribution < 1.29 is 18.7 Å². The molecule has 0 unspecified atom stereocenters. The summed E-state index contributed by atoms with van der Waals surface area (Å²) in [6, 6.07) is 5.16. The van der Waals surface area contributed by atoms with Gasteiger partial charge in [0.25, 0.3) is 5.56 Å². The summed E-state index contributed by atoms with van der Waals surface area (Å²) >= 11 is 0. The molecule has 0 aliphatic carbocycles. The second-order valence-electron chi connectivity index (χ2n) is 6.22. The zero-order chi connectivity index (χ0) is 19.9. The SMILES string of the molecule is CCOC(=O)[C@H]1C(=O)Nc2c(c(=O)n(C)c(=O)n2C)[C@@H]1c1ccc(F)cc1. The molecular formula is C18H18FN3O5. The zero-order valence-corrected chi connectivity index (χ0v) is 15.0. The van der Waals surface area contributed by atoms with Crippen molar-refractivity contribution >= 4 is 17.7 Å². The number of halogens is 1. The minimum atomic E-state index is -1.34. The lowest BCUT2D eigenvalue weighted by molar-refractivity contribution is -0.151. The van der Waals surface area contributed by atoms with E-state index < -0.39 is 40.8 Å². The molecule has 8 nitrogen and oxygen atoms in total. The second kappa shape index (κ2) is 6.82. The van der Waals surface area contributed by atoms with Gasteiger partial charge in [0.2, 0.25) is 5.91 Å². The molecule has 0 bridgehead atoms. The summed E-state index contributed by atoms with van der Waals surface area (Å²) in [5, 5.41) is 2.47. The third-order valence-electron chi connectivity index (χ3n) is 4.64. The van der Waals surface area contributed by atoms with Crippen LogP contribution in [0.5, 0.6) is 0 Å². The van der Waals surface area contributed by atoms with E-state index in [1.165, 1.54) is 38.4 Å². The van der Waals surface area contributed by atoms with Crippen LogP contribution in [0.2, 0.25) is 0 Å². The monoisotopic (exact) mass is 375 g/mol. The molecule has 1 aromatic heterocycles. The van der Waals surface area contributed by atoms with E-state index in [0.29, 0.717) is 5.56 Å². The molecule has 0 fully saturated rings. The highest BCUT2D eigenvalue weighted by atomic mass is 19.1. The molecule has 2 aromatic rings. The maximum absolute atomic E-state index is 13.4. The van der Waals surface area contributed by atoms with E-state index in [1.807, 2.05) is 0 Å². The van der Waals surface area contributed by atoms with Gasteiger partial charge in [0.05, 0.1) is 12.2 Å². The normalized spacial score (nSPS) is 18.6. The lowest BCUT2D eigenvalue weighted by Crippen LogP contribution is -2.49. The van der Waals surface area contributed by atoms with Crippen LogP contribution in [0.3, 0.4) is 0 Å². The van der Waals surface area contributed by atoms with Crippen LogP contribution in [0, 0.1) is 11.7 Å². The summed E-state index contributed by atoms with van der Waals surface area (Å²) in [5.41, 5.74) is -0.798. The Kier molecular flexibility index (Phi) is 4.69. The first-order chi connectivity index (χ1) is 12.8. The average molecular weight is 375 g/mol. The molecule has 3 rings (SSSR count). The number of amides is 1. The molecule has 0 radical (unpaired) electrons. The number of carbonyl (C=O) groups excluding carboxylic acids is 2. The summed E-state index contributed by atoms with van der Waals surface area (Å²) in [6.07, 6.45) is 0. The van der Waals surface area contributed by atoms with Gasteiger partial charge in [0.15, 0.2) is 0 Å². The Bertz CT molecular complexity index is 1040. The molecule has 9 heteroatoms. The Morgan fingerprint density at radius 1 is 1.15 bits per heavy atom. The summed E-state index contributed by atoms with van der Waals surface area (Å²) in [5.74, 6) is -4.33. The standard InChI is InChI=1S/C18H18FN3O5/c1-4-27-17(25)13-11(9-5-7-10(19)8-6-9)12-14(20-15(13)23)21(2)18(26)22(3)16(12)24/h5-8,11,13H,4H2,1-3H3,(H,20,23)/t11-,13+/m0/s1. The fourth-order valence-corrected chi connectivity index (χ4v) is 3.32. The number of hydrogen-bond acceptors (Lipinski definition) is 5. The predicted molar refractivity (Wildman–Crippen MR) is 93.9 cm³/mol. The Balaban J connectivity index is 2.34. The molecule has 27 heavy (non-hydrogen) atoms. The number of ether oxygens (including phenoxy) is 1. The van der Waals surface area contributed by atoms with Gasteiger partial charge in [-0.25, -0.2) is 9.18 Å². The van der Waals surface area contributed by atoms with Crippen LogP contribution in [0.1, 0.15) is 24.0 Å². The minimum Gasteiger partial charge on any atom is -0.465 e. The van der Waals surface area contributed by atoms with Gasteiger partial charge in [-0.2, -0.15) is 0 Å². The van der Waals surface area contributed by atoms with E-state index in [0.717, 1.165) is 9.13 Å². The molecule has 0 saturated carbocycles. The van der Waals surface area contributed by atoms with E-state index >= 15 is 0 Å². The first-order valence-corrected chi connectivity index (χ1v) is 8.30. The quantitative estimate of drug-likeness (QED) is 0.622. The number of hydrogen-bond donors (Lipinski definition) is 1. The Labute approximate surface area is 153 Å². The molecule has 1 aliphatic heterocycles. The van der Waals surface area contributed by atoms with Crippen molar-refractivity contribution in [2.45, 2.75) is 12.8 Å². The van der Waals surface area contributed by atoms with Crippen LogP contribution in [-0.2, 0) is 28.4 Å². The first-order valence-electron chi connectivity index (χ1n) is 8.30. The van der Waals surface area contributed by atoms with Crippen molar-refractivity contribution in [1.82, 2.24) is 9.13 Å². The summed E-state index contributed by atoms with van der Waals surface area (Å²) < 4.78 is 20.4. The largest absolute Gasteiger partial charge is 0.465 e. The zero-order valence-electron chi connectivity index (χ0n) is 15.0. The summed E-state index contributed by atoms with van der Waals surface area (Å²) in [4.78, 5) is 50.2. The maximum atomic E-state index is 13.4. The number of benzene rings is 1. The molecule has 2 heterocycles. The molecule has 2 atom stereocenters. The van der Waals surface area contributed by atoms with Crippen molar-refractivity contribution in [1.29, 1.82) is 0 Å². The third kappa shape index (κ3) is 2.94. The molecular weight excluding hydrogens is 357 g/mol. The Morgan fingerprint density at radius 2 is 1.78 bits per heavy atom. The molecule has 1 aromatic carbocycles. The van der Waals surface area contributed by atoms with Crippen molar-refractivity contribution in [2.75, 3.05) is 11.9 Å². The van der Waals surface area contributed by atoms with Gasteiger partial charge >= 0.3 is 11.7 Å². The average Bonchev–Trinajstić information content (AvgIpc) is 2.64. The number of rotatable bonds is 3. The number of carbonyl (C=O) groups is 2. The molecule has 1 aliphatic rings. The summed E-state index contributed by atoms with van der Waals surface area (Å²) in [7, 11) is 2.72. The van der Waals surface area contributed by atoms with Crippen LogP contribution in [0.4, 0.5) is 10.2 Å². The molecule has 0 saturated heterocycles. The molecule has 142 valence electrons. The lowest BCUT2D eigenvalue weighted by atomic mass is 9.78.